The lowest BCUT2D eigenvalue weighted by Crippen LogP contribution is -2.35. The molecular formula is C22H40O2. The van der Waals surface area contributed by atoms with Crippen LogP contribution in [0, 0.1) is 29.1 Å². The Balaban J connectivity index is 2.75. The minimum Gasteiger partial charge on any atom is -0.303 e. The zero-order valence-electron chi connectivity index (χ0n) is 16.8. The van der Waals surface area contributed by atoms with Crippen molar-refractivity contribution in [2.45, 2.75) is 98.8 Å². The van der Waals surface area contributed by atoms with Gasteiger partial charge >= 0.3 is 0 Å². The molecule has 0 aromatic heterocycles. The summed E-state index contributed by atoms with van der Waals surface area (Å²) in [5, 5.41) is 0. The Labute approximate surface area is 150 Å². The van der Waals surface area contributed by atoms with E-state index in [9.17, 15) is 9.59 Å². The van der Waals surface area contributed by atoms with E-state index in [1.165, 1.54) is 38.5 Å². The van der Waals surface area contributed by atoms with Crippen molar-refractivity contribution in [1.82, 2.24) is 0 Å². The van der Waals surface area contributed by atoms with Crippen LogP contribution in [0.15, 0.2) is 0 Å². The summed E-state index contributed by atoms with van der Waals surface area (Å²) in [5.41, 5.74) is 0.133. The lowest BCUT2D eigenvalue weighted by atomic mass is 9.64. The van der Waals surface area contributed by atoms with Crippen molar-refractivity contribution in [2.75, 3.05) is 0 Å². The van der Waals surface area contributed by atoms with Gasteiger partial charge < -0.3 is 4.79 Å². The number of hydrogen-bond acceptors (Lipinski definition) is 2. The smallest absolute Gasteiger partial charge is 0.133 e. The maximum atomic E-state index is 12.1. The van der Waals surface area contributed by atoms with Crippen LogP contribution in [0.1, 0.15) is 98.8 Å². The van der Waals surface area contributed by atoms with Crippen LogP contribution < -0.4 is 0 Å². The molecule has 0 heterocycles. The summed E-state index contributed by atoms with van der Waals surface area (Å²) in [7, 11) is 0. The molecule has 1 rings (SSSR count). The Morgan fingerprint density at radius 1 is 1.17 bits per heavy atom. The van der Waals surface area contributed by atoms with Gasteiger partial charge in [-0.2, -0.15) is 0 Å². The maximum absolute atomic E-state index is 12.1. The van der Waals surface area contributed by atoms with Crippen molar-refractivity contribution in [3.63, 3.8) is 0 Å². The monoisotopic (exact) mass is 336 g/mol. The molecule has 1 aliphatic rings. The van der Waals surface area contributed by atoms with Crippen molar-refractivity contribution in [3.05, 3.63) is 0 Å². The van der Waals surface area contributed by atoms with Gasteiger partial charge in [-0.1, -0.05) is 59.8 Å². The van der Waals surface area contributed by atoms with Crippen molar-refractivity contribution in [2.24, 2.45) is 29.1 Å². The predicted octanol–water partition coefficient (Wildman–Crippen LogP) is 6.22. The van der Waals surface area contributed by atoms with Crippen LogP contribution >= 0.6 is 0 Å². The average Bonchev–Trinajstić information content (AvgIpc) is 2.89. The Morgan fingerprint density at radius 3 is 2.42 bits per heavy atom. The Bertz CT molecular complexity index is 389. The highest BCUT2D eigenvalue weighted by Gasteiger charge is 2.49. The number of ketones is 1. The van der Waals surface area contributed by atoms with E-state index < -0.39 is 0 Å². The van der Waals surface area contributed by atoms with Gasteiger partial charge in [0.1, 0.15) is 12.1 Å². The number of carbonyl (C=O) groups is 2. The summed E-state index contributed by atoms with van der Waals surface area (Å²) in [6.07, 6.45) is 12.5. The number of hydrogen-bond donors (Lipinski definition) is 0. The summed E-state index contributed by atoms with van der Waals surface area (Å²) in [6, 6.07) is 0. The minimum atomic E-state index is 0.133. The van der Waals surface area contributed by atoms with Gasteiger partial charge in [-0.3, -0.25) is 4.79 Å². The van der Waals surface area contributed by atoms with Gasteiger partial charge in [0, 0.05) is 12.3 Å². The lowest BCUT2D eigenvalue weighted by molar-refractivity contribution is -0.124. The van der Waals surface area contributed by atoms with Gasteiger partial charge in [-0.25, -0.2) is 0 Å². The van der Waals surface area contributed by atoms with Crippen LogP contribution in [-0.4, -0.2) is 12.1 Å². The number of Topliss-reactive ketones (excluding diaryl/α,β-unsaturated/α-hetero) is 1. The van der Waals surface area contributed by atoms with E-state index in [-0.39, 0.29) is 11.3 Å². The molecule has 0 spiro atoms. The van der Waals surface area contributed by atoms with Crippen LogP contribution in [0.5, 0.6) is 0 Å². The van der Waals surface area contributed by atoms with Crippen molar-refractivity contribution < 1.29 is 9.59 Å². The van der Waals surface area contributed by atoms with Gasteiger partial charge in [0.2, 0.25) is 0 Å². The van der Waals surface area contributed by atoms with Gasteiger partial charge in [0.15, 0.2) is 0 Å². The Morgan fingerprint density at radius 2 is 1.88 bits per heavy atom. The predicted molar refractivity (Wildman–Crippen MR) is 102 cm³/mol. The fourth-order valence-electron chi connectivity index (χ4n) is 5.41. The standard InChI is InChI=1S/C22H40O2/c1-6-10-17(3)11-8-12-19(13-9-16-23)21-15-14-20(18(4)24)22(21,5)7-2/h16-17,19-21H,6-15H2,1-5H3. The number of rotatable bonds is 12. The minimum absolute atomic E-state index is 0.133. The molecule has 5 unspecified atom stereocenters. The fourth-order valence-corrected chi connectivity index (χ4v) is 5.41. The van der Waals surface area contributed by atoms with Gasteiger partial charge in [0.05, 0.1) is 0 Å². The molecule has 2 nitrogen and oxygen atoms in total. The molecule has 1 saturated carbocycles. The first-order chi connectivity index (χ1) is 11.4. The van der Waals surface area contributed by atoms with Gasteiger partial charge in [-0.15, -0.1) is 0 Å². The molecule has 2 heteroatoms. The molecule has 0 radical (unpaired) electrons. The van der Waals surface area contributed by atoms with Crippen molar-refractivity contribution in [3.8, 4) is 0 Å². The van der Waals surface area contributed by atoms with Crippen LogP contribution in [0.4, 0.5) is 0 Å². The highest BCUT2D eigenvalue weighted by molar-refractivity contribution is 5.79. The molecule has 5 atom stereocenters. The van der Waals surface area contributed by atoms with E-state index in [0.717, 1.165) is 31.5 Å². The van der Waals surface area contributed by atoms with E-state index in [2.05, 4.69) is 27.7 Å². The Hall–Kier alpha value is -0.660. The quantitative estimate of drug-likeness (QED) is 0.396. The zero-order valence-corrected chi connectivity index (χ0v) is 16.8. The highest BCUT2D eigenvalue weighted by Crippen LogP contribution is 2.55. The van der Waals surface area contributed by atoms with Crippen molar-refractivity contribution in [1.29, 1.82) is 0 Å². The third-order valence-corrected chi connectivity index (χ3v) is 6.94. The first kappa shape index (κ1) is 21.4. The number of aldehydes is 1. The summed E-state index contributed by atoms with van der Waals surface area (Å²) >= 11 is 0. The van der Waals surface area contributed by atoms with Crippen LogP contribution in [0.2, 0.25) is 0 Å². The summed E-state index contributed by atoms with van der Waals surface area (Å²) < 4.78 is 0. The topological polar surface area (TPSA) is 34.1 Å². The van der Waals surface area contributed by atoms with Crippen LogP contribution in [-0.2, 0) is 9.59 Å². The second-order valence-corrected chi connectivity index (χ2v) is 8.54. The van der Waals surface area contributed by atoms with E-state index in [0.29, 0.717) is 24.0 Å². The third-order valence-electron chi connectivity index (χ3n) is 6.94. The molecule has 140 valence electrons. The second kappa shape index (κ2) is 10.4. The van der Waals surface area contributed by atoms with Crippen molar-refractivity contribution >= 4 is 12.1 Å². The molecule has 0 N–H and O–H groups in total. The molecule has 0 amide bonds. The zero-order chi connectivity index (χ0) is 18.2. The average molecular weight is 337 g/mol. The van der Waals surface area contributed by atoms with Crippen LogP contribution in [0.3, 0.4) is 0 Å². The normalized spacial score (nSPS) is 29.4. The second-order valence-electron chi connectivity index (χ2n) is 8.54. The molecule has 0 aromatic rings. The highest BCUT2D eigenvalue weighted by atomic mass is 16.1. The molecule has 0 aromatic carbocycles. The maximum Gasteiger partial charge on any atom is 0.133 e. The molecular weight excluding hydrogens is 296 g/mol. The molecule has 0 aliphatic heterocycles. The largest absolute Gasteiger partial charge is 0.303 e. The fraction of sp³-hybridized carbons (Fsp3) is 0.909. The molecule has 0 bridgehead atoms. The third kappa shape index (κ3) is 5.43. The van der Waals surface area contributed by atoms with E-state index in [1.807, 2.05) is 0 Å². The first-order valence-electron chi connectivity index (χ1n) is 10.3. The Kier molecular flexibility index (Phi) is 9.23. The molecule has 24 heavy (non-hydrogen) atoms. The summed E-state index contributed by atoms with van der Waals surface area (Å²) in [6.45, 7) is 11.0. The molecule has 1 aliphatic carbocycles. The van der Waals surface area contributed by atoms with Gasteiger partial charge in [-0.05, 0) is 55.8 Å². The van der Waals surface area contributed by atoms with E-state index in [4.69, 9.17) is 0 Å². The number of carbonyl (C=O) groups excluding carboxylic acids is 2. The SMILES string of the molecule is CCCC(C)CCCC(CCC=O)C1CCC(C(C)=O)C1(C)CC. The van der Waals surface area contributed by atoms with E-state index in [1.54, 1.807) is 6.92 Å². The lowest BCUT2D eigenvalue weighted by Gasteiger charge is -2.40. The summed E-state index contributed by atoms with van der Waals surface area (Å²) in [5.74, 6) is 2.63. The van der Waals surface area contributed by atoms with Crippen LogP contribution in [0.25, 0.3) is 0 Å². The summed E-state index contributed by atoms with van der Waals surface area (Å²) in [4.78, 5) is 23.1. The first-order valence-corrected chi connectivity index (χ1v) is 10.3. The van der Waals surface area contributed by atoms with Gasteiger partial charge in [0.25, 0.3) is 0 Å². The molecule has 0 saturated heterocycles. The van der Waals surface area contributed by atoms with E-state index >= 15 is 0 Å². The molecule has 1 fully saturated rings.